The van der Waals surface area contributed by atoms with Crippen molar-refractivity contribution in [2.24, 2.45) is 0 Å². The SMILES string of the molecule is Fc1cc(F)c(NCCc2ccsc2)c(F)c1. The molecule has 0 atom stereocenters. The van der Waals surface area contributed by atoms with Gasteiger partial charge in [-0.05, 0) is 28.8 Å². The van der Waals surface area contributed by atoms with Gasteiger partial charge in [-0.1, -0.05) is 0 Å². The summed E-state index contributed by atoms with van der Waals surface area (Å²) in [4.78, 5) is 0. The van der Waals surface area contributed by atoms with Gasteiger partial charge in [-0.15, -0.1) is 0 Å². The van der Waals surface area contributed by atoms with Crippen LogP contribution in [0.1, 0.15) is 5.56 Å². The number of rotatable bonds is 4. The Morgan fingerprint density at radius 1 is 1.12 bits per heavy atom. The molecule has 17 heavy (non-hydrogen) atoms. The van der Waals surface area contributed by atoms with Crippen molar-refractivity contribution in [3.05, 3.63) is 52.0 Å². The Bertz CT molecular complexity index is 473. The van der Waals surface area contributed by atoms with Gasteiger partial charge in [0.25, 0.3) is 0 Å². The summed E-state index contributed by atoms with van der Waals surface area (Å²) in [5, 5.41) is 6.54. The standard InChI is InChI=1S/C12H10F3NS/c13-9-5-10(14)12(11(15)6-9)16-3-1-8-2-4-17-7-8/h2,4-7,16H,1,3H2. The molecule has 5 heteroatoms. The van der Waals surface area contributed by atoms with E-state index in [0.29, 0.717) is 25.1 Å². The van der Waals surface area contributed by atoms with Crippen LogP contribution in [-0.4, -0.2) is 6.54 Å². The quantitative estimate of drug-likeness (QED) is 0.878. The summed E-state index contributed by atoms with van der Waals surface area (Å²) < 4.78 is 39.1. The van der Waals surface area contributed by atoms with E-state index in [2.05, 4.69) is 5.32 Å². The highest BCUT2D eigenvalue weighted by atomic mass is 32.1. The number of benzene rings is 1. The number of halogens is 3. The Morgan fingerprint density at radius 3 is 2.41 bits per heavy atom. The van der Waals surface area contributed by atoms with Crippen LogP contribution in [0.3, 0.4) is 0 Å². The second kappa shape index (κ2) is 5.23. The zero-order valence-electron chi connectivity index (χ0n) is 8.84. The molecule has 1 N–H and O–H groups in total. The van der Waals surface area contributed by atoms with Crippen LogP contribution in [0.2, 0.25) is 0 Å². The van der Waals surface area contributed by atoms with Crippen molar-refractivity contribution in [1.29, 1.82) is 0 Å². The molecule has 0 amide bonds. The van der Waals surface area contributed by atoms with E-state index in [1.807, 2.05) is 16.8 Å². The molecule has 0 radical (unpaired) electrons. The van der Waals surface area contributed by atoms with Crippen molar-refractivity contribution in [2.45, 2.75) is 6.42 Å². The molecule has 1 heterocycles. The molecule has 90 valence electrons. The summed E-state index contributed by atoms with van der Waals surface area (Å²) in [6.45, 7) is 0.399. The highest BCUT2D eigenvalue weighted by Gasteiger charge is 2.10. The summed E-state index contributed by atoms with van der Waals surface area (Å²) in [5.41, 5.74) is 0.826. The largest absolute Gasteiger partial charge is 0.380 e. The monoisotopic (exact) mass is 257 g/mol. The molecule has 0 bridgehead atoms. The lowest BCUT2D eigenvalue weighted by Crippen LogP contribution is -2.08. The molecule has 2 rings (SSSR count). The summed E-state index contributed by atoms with van der Waals surface area (Å²) >= 11 is 1.57. The lowest BCUT2D eigenvalue weighted by molar-refractivity contribution is 0.547. The summed E-state index contributed by atoms with van der Waals surface area (Å²) in [5.74, 6) is -2.73. The normalized spacial score (nSPS) is 10.5. The molecule has 0 aliphatic carbocycles. The molecule has 1 aromatic carbocycles. The third-order valence-corrected chi connectivity index (χ3v) is 3.03. The van der Waals surface area contributed by atoms with Crippen LogP contribution in [0, 0.1) is 17.5 Å². The van der Waals surface area contributed by atoms with E-state index in [0.717, 1.165) is 5.56 Å². The van der Waals surface area contributed by atoms with Crippen molar-refractivity contribution >= 4 is 17.0 Å². The third kappa shape index (κ3) is 3.00. The lowest BCUT2D eigenvalue weighted by Gasteiger charge is -2.08. The van der Waals surface area contributed by atoms with Crippen molar-refractivity contribution in [1.82, 2.24) is 0 Å². The first-order valence-corrected chi connectivity index (χ1v) is 6.00. The van der Waals surface area contributed by atoms with Gasteiger partial charge >= 0.3 is 0 Å². The first-order chi connectivity index (χ1) is 8.16. The van der Waals surface area contributed by atoms with Gasteiger partial charge in [0.1, 0.15) is 11.5 Å². The maximum Gasteiger partial charge on any atom is 0.152 e. The average molecular weight is 257 g/mol. The fraction of sp³-hybridized carbons (Fsp3) is 0.167. The number of hydrogen-bond donors (Lipinski definition) is 1. The van der Waals surface area contributed by atoms with Gasteiger partial charge in [0.2, 0.25) is 0 Å². The van der Waals surface area contributed by atoms with Crippen LogP contribution >= 0.6 is 11.3 Å². The smallest absolute Gasteiger partial charge is 0.152 e. The van der Waals surface area contributed by atoms with Crippen LogP contribution in [0.5, 0.6) is 0 Å². The molecule has 0 fully saturated rings. The molecule has 0 aliphatic heterocycles. The Kier molecular flexibility index (Phi) is 3.68. The van der Waals surface area contributed by atoms with Crippen LogP contribution in [0.25, 0.3) is 0 Å². The minimum atomic E-state index is -0.914. The summed E-state index contributed by atoms with van der Waals surface area (Å²) in [6.07, 6.45) is 0.666. The van der Waals surface area contributed by atoms with Gasteiger partial charge < -0.3 is 5.32 Å². The molecule has 1 aromatic heterocycles. The van der Waals surface area contributed by atoms with Crippen LogP contribution in [0.4, 0.5) is 18.9 Å². The van der Waals surface area contributed by atoms with Gasteiger partial charge in [-0.25, -0.2) is 13.2 Å². The predicted molar refractivity (Wildman–Crippen MR) is 62.8 cm³/mol. The summed E-state index contributed by atoms with van der Waals surface area (Å²) in [7, 11) is 0. The minimum Gasteiger partial charge on any atom is -0.380 e. The van der Waals surface area contributed by atoms with Crippen LogP contribution < -0.4 is 5.32 Å². The minimum absolute atomic E-state index is 0.276. The van der Waals surface area contributed by atoms with Crippen molar-refractivity contribution in [3.8, 4) is 0 Å². The maximum absolute atomic E-state index is 13.2. The van der Waals surface area contributed by atoms with Gasteiger partial charge in [-0.3, -0.25) is 0 Å². The average Bonchev–Trinajstić information content (AvgIpc) is 2.74. The first kappa shape index (κ1) is 12.0. The number of anilines is 1. The molecule has 1 nitrogen and oxygen atoms in total. The topological polar surface area (TPSA) is 12.0 Å². The zero-order chi connectivity index (χ0) is 12.3. The van der Waals surface area contributed by atoms with E-state index in [-0.39, 0.29) is 5.69 Å². The zero-order valence-corrected chi connectivity index (χ0v) is 9.66. The van der Waals surface area contributed by atoms with E-state index in [4.69, 9.17) is 0 Å². The molecular weight excluding hydrogens is 247 g/mol. The Hall–Kier alpha value is -1.49. The third-order valence-electron chi connectivity index (χ3n) is 2.30. The molecule has 0 aliphatic rings. The Balaban J connectivity index is 1.99. The fourth-order valence-electron chi connectivity index (χ4n) is 1.48. The van der Waals surface area contributed by atoms with Gasteiger partial charge in [0.05, 0.1) is 0 Å². The van der Waals surface area contributed by atoms with Gasteiger partial charge in [0.15, 0.2) is 11.6 Å². The van der Waals surface area contributed by atoms with E-state index < -0.39 is 17.5 Å². The second-order valence-electron chi connectivity index (χ2n) is 3.55. The molecule has 0 saturated carbocycles. The Morgan fingerprint density at radius 2 is 1.82 bits per heavy atom. The molecule has 0 unspecified atom stereocenters. The predicted octanol–water partition coefficient (Wildman–Crippen LogP) is 3.82. The van der Waals surface area contributed by atoms with E-state index in [1.54, 1.807) is 11.3 Å². The lowest BCUT2D eigenvalue weighted by atomic mass is 10.2. The Labute approximate surface area is 101 Å². The number of thiophene rings is 1. The van der Waals surface area contributed by atoms with Crippen molar-refractivity contribution in [3.63, 3.8) is 0 Å². The van der Waals surface area contributed by atoms with Gasteiger partial charge in [0, 0.05) is 18.7 Å². The summed E-state index contributed by atoms with van der Waals surface area (Å²) in [6, 6.07) is 3.27. The van der Waals surface area contributed by atoms with E-state index >= 15 is 0 Å². The first-order valence-electron chi connectivity index (χ1n) is 5.06. The maximum atomic E-state index is 13.2. The second-order valence-corrected chi connectivity index (χ2v) is 4.33. The highest BCUT2D eigenvalue weighted by Crippen LogP contribution is 2.20. The van der Waals surface area contributed by atoms with E-state index in [9.17, 15) is 13.2 Å². The number of hydrogen-bond acceptors (Lipinski definition) is 2. The molecular formula is C12H10F3NS. The van der Waals surface area contributed by atoms with Crippen molar-refractivity contribution < 1.29 is 13.2 Å². The van der Waals surface area contributed by atoms with Crippen LogP contribution in [0.15, 0.2) is 29.0 Å². The van der Waals surface area contributed by atoms with Crippen molar-refractivity contribution in [2.75, 3.05) is 11.9 Å². The molecule has 0 spiro atoms. The highest BCUT2D eigenvalue weighted by molar-refractivity contribution is 7.07. The fourth-order valence-corrected chi connectivity index (χ4v) is 2.18. The van der Waals surface area contributed by atoms with Gasteiger partial charge in [-0.2, -0.15) is 11.3 Å². The molecule has 2 aromatic rings. The molecule has 0 saturated heterocycles. The van der Waals surface area contributed by atoms with E-state index in [1.165, 1.54) is 0 Å². The number of nitrogens with one attached hydrogen (secondary N) is 1. The van der Waals surface area contributed by atoms with Crippen LogP contribution in [-0.2, 0) is 6.42 Å².